The summed E-state index contributed by atoms with van der Waals surface area (Å²) in [6.45, 7) is 19.0. The number of nitrogens with two attached hydrogens (primary N) is 2. The minimum atomic E-state index is -0.0298. The fourth-order valence-corrected chi connectivity index (χ4v) is 4.05. The van der Waals surface area contributed by atoms with E-state index in [1.54, 1.807) is 0 Å². The van der Waals surface area contributed by atoms with E-state index < -0.39 is 0 Å². The molecule has 25 heavy (non-hydrogen) atoms. The Kier molecular flexibility index (Phi) is 13.9. The molecule has 0 aliphatic heterocycles. The molecule has 0 saturated carbocycles. The maximum absolute atomic E-state index is 6.92. The zero-order valence-electron chi connectivity index (χ0n) is 18.2. The number of unbranched alkanes of at least 4 members (excludes halogenated alkanes) is 1. The van der Waals surface area contributed by atoms with Crippen molar-refractivity contribution in [1.82, 2.24) is 9.80 Å². The highest BCUT2D eigenvalue weighted by molar-refractivity contribution is 4.87. The van der Waals surface area contributed by atoms with Gasteiger partial charge in [0.1, 0.15) is 0 Å². The summed E-state index contributed by atoms with van der Waals surface area (Å²) in [6, 6.07) is 1.24. The lowest BCUT2D eigenvalue weighted by molar-refractivity contribution is 0.178. The van der Waals surface area contributed by atoms with Crippen LogP contribution < -0.4 is 11.5 Å². The molecule has 0 fully saturated rings. The lowest BCUT2D eigenvalue weighted by Gasteiger charge is -2.36. The second-order valence-corrected chi connectivity index (χ2v) is 7.83. The molecule has 0 rings (SSSR count). The normalized spacial score (nSPS) is 17.0. The molecular formula is C21H48N4. The van der Waals surface area contributed by atoms with Gasteiger partial charge >= 0.3 is 0 Å². The minimum Gasteiger partial charge on any atom is -0.330 e. The summed E-state index contributed by atoms with van der Waals surface area (Å²) in [4.78, 5) is 5.08. The van der Waals surface area contributed by atoms with Crippen molar-refractivity contribution in [1.29, 1.82) is 0 Å². The number of hydrogen-bond donors (Lipinski definition) is 2. The summed E-state index contributed by atoms with van der Waals surface area (Å²) in [7, 11) is 0. The maximum Gasteiger partial charge on any atom is 0.0155 e. The monoisotopic (exact) mass is 356 g/mol. The first-order chi connectivity index (χ1) is 11.9. The van der Waals surface area contributed by atoms with Gasteiger partial charge in [-0.2, -0.15) is 0 Å². The molecular weight excluding hydrogens is 308 g/mol. The van der Waals surface area contributed by atoms with Gasteiger partial charge in [0.25, 0.3) is 0 Å². The molecule has 0 saturated heterocycles. The first-order valence-electron chi connectivity index (χ1n) is 10.8. The molecule has 152 valence electrons. The Bertz CT molecular complexity index is 278. The van der Waals surface area contributed by atoms with Crippen molar-refractivity contribution in [2.45, 2.75) is 104 Å². The molecule has 0 amide bonds. The highest BCUT2D eigenvalue weighted by atomic mass is 15.1. The average molecular weight is 357 g/mol. The molecule has 0 aliphatic rings. The van der Waals surface area contributed by atoms with Crippen LogP contribution in [0.25, 0.3) is 0 Å². The van der Waals surface area contributed by atoms with Gasteiger partial charge in [-0.1, -0.05) is 34.1 Å². The Balaban J connectivity index is 4.70. The van der Waals surface area contributed by atoms with Crippen LogP contribution in [0.5, 0.6) is 0 Å². The minimum absolute atomic E-state index is 0.0298. The quantitative estimate of drug-likeness (QED) is 0.413. The first-order valence-corrected chi connectivity index (χ1v) is 10.8. The van der Waals surface area contributed by atoms with Crippen LogP contribution >= 0.6 is 0 Å². The third-order valence-corrected chi connectivity index (χ3v) is 6.12. The van der Waals surface area contributed by atoms with Crippen LogP contribution in [0, 0.1) is 0 Å². The summed E-state index contributed by atoms with van der Waals surface area (Å²) in [5.74, 6) is 0. The molecule has 0 aromatic rings. The summed E-state index contributed by atoms with van der Waals surface area (Å²) in [5, 5.41) is 0. The fraction of sp³-hybridized carbons (Fsp3) is 1.00. The van der Waals surface area contributed by atoms with Crippen molar-refractivity contribution < 1.29 is 0 Å². The molecule has 0 heterocycles. The van der Waals surface area contributed by atoms with Gasteiger partial charge in [0.2, 0.25) is 0 Å². The van der Waals surface area contributed by atoms with Crippen molar-refractivity contribution in [3.8, 4) is 0 Å². The summed E-state index contributed by atoms with van der Waals surface area (Å²) >= 11 is 0. The Morgan fingerprint density at radius 3 is 1.44 bits per heavy atom. The smallest absolute Gasteiger partial charge is 0.0155 e. The zero-order chi connectivity index (χ0) is 19.3. The fourth-order valence-electron chi connectivity index (χ4n) is 4.05. The Morgan fingerprint density at radius 2 is 1.12 bits per heavy atom. The van der Waals surface area contributed by atoms with Crippen molar-refractivity contribution >= 4 is 0 Å². The predicted molar refractivity (Wildman–Crippen MR) is 113 cm³/mol. The van der Waals surface area contributed by atoms with Crippen molar-refractivity contribution in [3.05, 3.63) is 0 Å². The van der Waals surface area contributed by atoms with Gasteiger partial charge in [0, 0.05) is 17.6 Å². The molecule has 0 aromatic carbocycles. The van der Waals surface area contributed by atoms with Gasteiger partial charge in [-0.3, -0.25) is 0 Å². The first kappa shape index (κ1) is 24.8. The van der Waals surface area contributed by atoms with E-state index in [-0.39, 0.29) is 5.54 Å². The van der Waals surface area contributed by atoms with Crippen LogP contribution in [-0.4, -0.2) is 60.1 Å². The molecule has 0 aliphatic carbocycles. The Hall–Kier alpha value is -0.160. The third-order valence-electron chi connectivity index (χ3n) is 6.12. The van der Waals surface area contributed by atoms with E-state index in [0.717, 1.165) is 64.8 Å². The summed E-state index contributed by atoms with van der Waals surface area (Å²) in [5.41, 5.74) is 12.6. The molecule has 0 aromatic heterocycles. The number of rotatable bonds is 16. The van der Waals surface area contributed by atoms with E-state index >= 15 is 0 Å². The highest BCUT2D eigenvalue weighted by Gasteiger charge is 2.27. The lowest BCUT2D eigenvalue weighted by atomic mass is 9.82. The van der Waals surface area contributed by atoms with Gasteiger partial charge in [0.15, 0.2) is 0 Å². The van der Waals surface area contributed by atoms with Crippen molar-refractivity contribution in [2.75, 3.05) is 32.7 Å². The van der Waals surface area contributed by atoms with Crippen LogP contribution in [0.3, 0.4) is 0 Å². The van der Waals surface area contributed by atoms with Crippen LogP contribution in [0.4, 0.5) is 0 Å². The third kappa shape index (κ3) is 9.93. The summed E-state index contributed by atoms with van der Waals surface area (Å²) < 4.78 is 0. The predicted octanol–water partition coefficient (Wildman–Crippen LogP) is 3.83. The van der Waals surface area contributed by atoms with E-state index in [2.05, 4.69) is 51.3 Å². The van der Waals surface area contributed by atoms with Gasteiger partial charge in [-0.05, 0) is 85.1 Å². The molecule has 4 heteroatoms. The second kappa shape index (κ2) is 14.0. The molecule has 0 spiro atoms. The molecule has 2 unspecified atom stereocenters. The second-order valence-electron chi connectivity index (χ2n) is 7.83. The van der Waals surface area contributed by atoms with E-state index in [1.165, 1.54) is 12.8 Å². The van der Waals surface area contributed by atoms with Crippen LogP contribution in [0.15, 0.2) is 0 Å². The van der Waals surface area contributed by atoms with E-state index in [4.69, 9.17) is 11.5 Å². The van der Waals surface area contributed by atoms with Crippen molar-refractivity contribution in [2.24, 2.45) is 11.5 Å². The van der Waals surface area contributed by atoms with Crippen LogP contribution in [-0.2, 0) is 0 Å². The topological polar surface area (TPSA) is 58.5 Å². The lowest BCUT2D eigenvalue weighted by Crippen LogP contribution is -2.44. The Morgan fingerprint density at radius 1 is 0.720 bits per heavy atom. The standard InChI is InChI=1S/C21H48N4/c1-7-24(8-2)19(5)13-16-21(23,15-11-12-18-22)17-14-20(6)25(9-3)10-4/h19-20H,7-18,22-23H2,1-6H3. The van der Waals surface area contributed by atoms with Crippen molar-refractivity contribution in [3.63, 3.8) is 0 Å². The number of hydrogen-bond acceptors (Lipinski definition) is 4. The zero-order valence-corrected chi connectivity index (χ0v) is 18.2. The van der Waals surface area contributed by atoms with Crippen LogP contribution in [0.2, 0.25) is 0 Å². The number of nitrogens with zero attached hydrogens (tertiary/aromatic N) is 2. The average Bonchev–Trinajstić information content (AvgIpc) is 2.61. The Labute approximate surface area is 158 Å². The van der Waals surface area contributed by atoms with E-state index in [0.29, 0.717) is 12.1 Å². The highest BCUT2D eigenvalue weighted by Crippen LogP contribution is 2.26. The van der Waals surface area contributed by atoms with Gasteiger partial charge < -0.3 is 21.3 Å². The summed E-state index contributed by atoms with van der Waals surface area (Å²) in [6.07, 6.45) is 8.00. The van der Waals surface area contributed by atoms with E-state index in [1.807, 2.05) is 0 Å². The maximum atomic E-state index is 6.92. The largest absolute Gasteiger partial charge is 0.330 e. The van der Waals surface area contributed by atoms with Crippen LogP contribution in [0.1, 0.15) is 86.5 Å². The molecule has 4 nitrogen and oxygen atoms in total. The molecule has 0 radical (unpaired) electrons. The van der Waals surface area contributed by atoms with Gasteiger partial charge in [-0.25, -0.2) is 0 Å². The molecule has 0 bridgehead atoms. The van der Waals surface area contributed by atoms with E-state index in [9.17, 15) is 0 Å². The molecule has 2 atom stereocenters. The molecule has 4 N–H and O–H groups in total. The SMILES string of the molecule is CCN(CC)C(C)CCC(N)(CCCCN)CCC(C)N(CC)CC. The van der Waals surface area contributed by atoms with Gasteiger partial charge in [0.05, 0.1) is 0 Å². The van der Waals surface area contributed by atoms with Gasteiger partial charge in [-0.15, -0.1) is 0 Å².